The Balaban J connectivity index is 1.93. The Kier molecular flexibility index (Phi) is 4.95. The van der Waals surface area contributed by atoms with Gasteiger partial charge in [-0.2, -0.15) is 0 Å². The van der Waals surface area contributed by atoms with E-state index in [1.54, 1.807) is 12.1 Å². The van der Waals surface area contributed by atoms with Crippen LogP contribution in [0.5, 0.6) is 0 Å². The number of nitrogens with two attached hydrogens (primary N) is 1. The minimum Gasteiger partial charge on any atom is -0.397 e. The summed E-state index contributed by atoms with van der Waals surface area (Å²) in [6.07, 6.45) is 3.63. The van der Waals surface area contributed by atoms with E-state index in [-0.39, 0.29) is 5.91 Å². The number of nitrogens with zero attached hydrogens (tertiary/aromatic N) is 3. The molecule has 0 atom stereocenters. The van der Waals surface area contributed by atoms with Gasteiger partial charge >= 0.3 is 0 Å². The Labute approximate surface area is 120 Å². The van der Waals surface area contributed by atoms with Gasteiger partial charge in [-0.3, -0.25) is 4.79 Å². The predicted octanol–water partition coefficient (Wildman–Crippen LogP) is 1.61. The van der Waals surface area contributed by atoms with Crippen molar-refractivity contribution in [3.63, 3.8) is 0 Å². The number of piperidine rings is 1. The van der Waals surface area contributed by atoms with Crippen molar-refractivity contribution >= 4 is 11.6 Å². The van der Waals surface area contributed by atoms with Gasteiger partial charge in [0.15, 0.2) is 0 Å². The van der Waals surface area contributed by atoms with Gasteiger partial charge < -0.3 is 15.5 Å². The zero-order valence-corrected chi connectivity index (χ0v) is 12.4. The molecular formula is C15H24N4O. The zero-order valence-electron chi connectivity index (χ0n) is 12.4. The van der Waals surface area contributed by atoms with Crippen molar-refractivity contribution in [1.29, 1.82) is 0 Å². The first kappa shape index (κ1) is 14.8. The van der Waals surface area contributed by atoms with Crippen molar-refractivity contribution in [2.45, 2.75) is 32.7 Å². The third-order valence-corrected chi connectivity index (χ3v) is 4.09. The molecule has 0 aliphatic carbocycles. The van der Waals surface area contributed by atoms with Crippen molar-refractivity contribution in [3.8, 4) is 0 Å². The van der Waals surface area contributed by atoms with Gasteiger partial charge in [-0.15, -0.1) is 0 Å². The molecule has 1 aromatic rings. The topological polar surface area (TPSA) is 62.5 Å². The van der Waals surface area contributed by atoms with Crippen molar-refractivity contribution in [2.75, 3.05) is 31.9 Å². The van der Waals surface area contributed by atoms with Crippen molar-refractivity contribution in [3.05, 3.63) is 24.0 Å². The fraction of sp³-hybridized carbons (Fsp3) is 0.600. The molecule has 2 heterocycles. The monoisotopic (exact) mass is 276 g/mol. The van der Waals surface area contributed by atoms with E-state index in [2.05, 4.69) is 23.7 Å². The predicted molar refractivity (Wildman–Crippen MR) is 80.5 cm³/mol. The van der Waals surface area contributed by atoms with Crippen molar-refractivity contribution < 1.29 is 4.79 Å². The van der Waals surface area contributed by atoms with Crippen LogP contribution in [0.25, 0.3) is 0 Å². The first-order valence-corrected chi connectivity index (χ1v) is 7.40. The third kappa shape index (κ3) is 3.28. The van der Waals surface area contributed by atoms with Gasteiger partial charge in [-0.1, -0.05) is 13.8 Å². The van der Waals surface area contributed by atoms with Crippen molar-refractivity contribution in [1.82, 2.24) is 14.8 Å². The van der Waals surface area contributed by atoms with Crippen LogP contribution >= 0.6 is 0 Å². The average molecular weight is 276 g/mol. The van der Waals surface area contributed by atoms with E-state index in [4.69, 9.17) is 5.73 Å². The van der Waals surface area contributed by atoms with E-state index >= 15 is 0 Å². The molecule has 0 unspecified atom stereocenters. The molecule has 20 heavy (non-hydrogen) atoms. The molecule has 0 bridgehead atoms. The molecule has 0 spiro atoms. The summed E-state index contributed by atoms with van der Waals surface area (Å²) in [5.74, 6) is 0.0167. The van der Waals surface area contributed by atoms with Crippen LogP contribution < -0.4 is 5.73 Å². The van der Waals surface area contributed by atoms with E-state index in [0.29, 0.717) is 17.4 Å². The second-order valence-corrected chi connectivity index (χ2v) is 5.22. The number of carbonyl (C=O) groups excluding carboxylic acids is 1. The number of hydrogen-bond acceptors (Lipinski definition) is 4. The Morgan fingerprint density at radius 1 is 1.35 bits per heavy atom. The maximum atomic E-state index is 12.3. The van der Waals surface area contributed by atoms with Gasteiger partial charge in [-0.05, 0) is 38.1 Å². The maximum Gasteiger partial charge on any atom is 0.272 e. The second-order valence-electron chi connectivity index (χ2n) is 5.22. The standard InChI is InChI=1S/C15H24N4O/c1-3-18(4-2)13-7-9-19(10-8-13)15(20)14-6-5-12(16)11-17-14/h5-6,11,13H,3-4,7-10,16H2,1-2H3. The molecule has 1 aliphatic heterocycles. The number of carbonyl (C=O) groups is 1. The van der Waals surface area contributed by atoms with Gasteiger partial charge in [0.25, 0.3) is 5.91 Å². The van der Waals surface area contributed by atoms with Gasteiger partial charge in [-0.25, -0.2) is 4.98 Å². The Morgan fingerprint density at radius 3 is 2.50 bits per heavy atom. The summed E-state index contributed by atoms with van der Waals surface area (Å²) in [6, 6.07) is 4.03. The molecule has 1 saturated heterocycles. The lowest BCUT2D eigenvalue weighted by atomic mass is 10.0. The highest BCUT2D eigenvalue weighted by Gasteiger charge is 2.26. The maximum absolute atomic E-state index is 12.3. The van der Waals surface area contributed by atoms with Crippen LogP contribution in [-0.4, -0.2) is 52.9 Å². The van der Waals surface area contributed by atoms with E-state index in [0.717, 1.165) is 39.0 Å². The van der Waals surface area contributed by atoms with Gasteiger partial charge in [0.2, 0.25) is 0 Å². The molecule has 1 fully saturated rings. The molecule has 0 aromatic carbocycles. The lowest BCUT2D eigenvalue weighted by molar-refractivity contribution is 0.0626. The summed E-state index contributed by atoms with van der Waals surface area (Å²) >= 11 is 0. The number of pyridine rings is 1. The fourth-order valence-corrected chi connectivity index (χ4v) is 2.87. The Morgan fingerprint density at radius 2 is 2.00 bits per heavy atom. The number of nitrogen functional groups attached to an aromatic ring is 1. The molecule has 0 radical (unpaired) electrons. The van der Waals surface area contributed by atoms with Gasteiger partial charge in [0.1, 0.15) is 5.69 Å². The molecule has 0 saturated carbocycles. The molecule has 1 amide bonds. The van der Waals surface area contributed by atoms with E-state index in [9.17, 15) is 4.79 Å². The molecule has 1 aliphatic rings. The van der Waals surface area contributed by atoms with Crippen LogP contribution in [-0.2, 0) is 0 Å². The first-order valence-electron chi connectivity index (χ1n) is 7.40. The average Bonchev–Trinajstić information content (AvgIpc) is 2.49. The van der Waals surface area contributed by atoms with E-state index in [1.165, 1.54) is 6.20 Å². The van der Waals surface area contributed by atoms with E-state index in [1.807, 2.05) is 4.90 Å². The fourth-order valence-electron chi connectivity index (χ4n) is 2.87. The molecular weight excluding hydrogens is 252 g/mol. The van der Waals surface area contributed by atoms with E-state index < -0.39 is 0 Å². The number of anilines is 1. The summed E-state index contributed by atoms with van der Waals surface area (Å²) < 4.78 is 0. The summed E-state index contributed by atoms with van der Waals surface area (Å²) in [5.41, 5.74) is 6.67. The third-order valence-electron chi connectivity index (χ3n) is 4.09. The molecule has 5 heteroatoms. The normalized spacial score (nSPS) is 16.6. The molecule has 1 aromatic heterocycles. The summed E-state index contributed by atoms with van der Waals surface area (Å²) in [7, 11) is 0. The van der Waals surface area contributed by atoms with Crippen LogP contribution in [0.4, 0.5) is 5.69 Å². The lowest BCUT2D eigenvalue weighted by Crippen LogP contribution is -2.46. The van der Waals surface area contributed by atoms with Crippen LogP contribution in [0.2, 0.25) is 0 Å². The quantitative estimate of drug-likeness (QED) is 0.907. The molecule has 2 rings (SSSR count). The highest BCUT2D eigenvalue weighted by Crippen LogP contribution is 2.18. The SMILES string of the molecule is CCN(CC)C1CCN(C(=O)c2ccc(N)cn2)CC1. The number of rotatable bonds is 4. The number of aromatic nitrogens is 1. The first-order chi connectivity index (χ1) is 9.65. The summed E-state index contributed by atoms with van der Waals surface area (Å²) in [5, 5.41) is 0. The van der Waals surface area contributed by atoms with Crippen LogP contribution in [0.3, 0.4) is 0 Å². The second kappa shape index (κ2) is 6.70. The summed E-state index contributed by atoms with van der Waals surface area (Å²) in [4.78, 5) is 20.8. The highest BCUT2D eigenvalue weighted by atomic mass is 16.2. The minimum atomic E-state index is 0.0167. The summed E-state index contributed by atoms with van der Waals surface area (Å²) in [6.45, 7) is 8.17. The molecule has 110 valence electrons. The highest BCUT2D eigenvalue weighted by molar-refractivity contribution is 5.92. The largest absolute Gasteiger partial charge is 0.397 e. The smallest absolute Gasteiger partial charge is 0.272 e. The van der Waals surface area contributed by atoms with Crippen LogP contribution in [0.15, 0.2) is 18.3 Å². The number of likely N-dealkylation sites (tertiary alicyclic amines) is 1. The Bertz CT molecular complexity index is 434. The van der Waals surface area contributed by atoms with Crippen molar-refractivity contribution in [2.24, 2.45) is 0 Å². The molecule has 5 nitrogen and oxygen atoms in total. The number of hydrogen-bond donors (Lipinski definition) is 1. The zero-order chi connectivity index (χ0) is 14.5. The van der Waals surface area contributed by atoms with Crippen LogP contribution in [0, 0.1) is 0 Å². The Hall–Kier alpha value is -1.62. The number of amides is 1. The van der Waals surface area contributed by atoms with Gasteiger partial charge in [0, 0.05) is 19.1 Å². The minimum absolute atomic E-state index is 0.0167. The molecule has 2 N–H and O–H groups in total. The van der Waals surface area contributed by atoms with Gasteiger partial charge in [0.05, 0.1) is 11.9 Å². The van der Waals surface area contributed by atoms with Crippen LogP contribution in [0.1, 0.15) is 37.2 Å². The lowest BCUT2D eigenvalue weighted by Gasteiger charge is -2.37.